The van der Waals surface area contributed by atoms with Crippen molar-refractivity contribution < 1.29 is 0 Å². The predicted octanol–water partition coefficient (Wildman–Crippen LogP) is 3.36. The average molecular weight is 439 g/mol. The molecule has 28 heavy (non-hydrogen) atoms. The molecule has 4 aromatic heterocycles. The molecule has 142 valence electrons. The summed E-state index contributed by atoms with van der Waals surface area (Å²) in [5, 5.41) is 0. The second-order valence-corrected chi connectivity index (χ2v) is 7.84. The molecule has 0 bridgehead atoms. The summed E-state index contributed by atoms with van der Waals surface area (Å²) in [5.41, 5.74) is 2.81. The highest BCUT2D eigenvalue weighted by atomic mass is 79.9. The summed E-state index contributed by atoms with van der Waals surface area (Å²) in [6.07, 6.45) is 11.4. The van der Waals surface area contributed by atoms with Gasteiger partial charge < -0.3 is 9.88 Å². The minimum atomic E-state index is 0.436. The number of H-pyrrole nitrogens is 1. The maximum atomic E-state index is 4.84. The summed E-state index contributed by atoms with van der Waals surface area (Å²) in [6, 6.07) is 1.98. The van der Waals surface area contributed by atoms with Crippen LogP contribution in [0.4, 0.5) is 5.82 Å². The van der Waals surface area contributed by atoms with Crippen LogP contribution in [0.5, 0.6) is 0 Å². The molecule has 1 aliphatic heterocycles. The van der Waals surface area contributed by atoms with Crippen molar-refractivity contribution in [3.63, 3.8) is 0 Å². The fourth-order valence-electron chi connectivity index (χ4n) is 3.77. The van der Waals surface area contributed by atoms with Crippen molar-refractivity contribution in [2.45, 2.75) is 25.7 Å². The van der Waals surface area contributed by atoms with Gasteiger partial charge in [-0.2, -0.15) is 0 Å². The SMILES string of the molecule is Cc1ncc(C2CCCN(c3ccnc(-c4cnc5cnc(Br)cn45)n3)C2)[nH]1. The Morgan fingerprint density at radius 1 is 1.14 bits per heavy atom. The van der Waals surface area contributed by atoms with Crippen molar-refractivity contribution in [2.24, 2.45) is 0 Å². The topological polar surface area (TPSA) is 87.9 Å². The summed E-state index contributed by atoms with van der Waals surface area (Å²) < 4.78 is 2.69. The lowest BCUT2D eigenvalue weighted by molar-refractivity contribution is 0.499. The molecule has 1 aliphatic rings. The first kappa shape index (κ1) is 17.3. The van der Waals surface area contributed by atoms with Gasteiger partial charge in [-0.05, 0) is 41.8 Å². The van der Waals surface area contributed by atoms with E-state index in [2.05, 4.69) is 45.7 Å². The first-order valence-electron chi connectivity index (χ1n) is 9.26. The van der Waals surface area contributed by atoms with Crippen LogP contribution in [-0.4, -0.2) is 47.4 Å². The minimum absolute atomic E-state index is 0.436. The zero-order chi connectivity index (χ0) is 19.1. The summed E-state index contributed by atoms with van der Waals surface area (Å²) in [7, 11) is 0. The van der Waals surface area contributed by atoms with E-state index in [0.717, 1.165) is 53.5 Å². The molecule has 1 fully saturated rings. The Morgan fingerprint density at radius 3 is 2.93 bits per heavy atom. The van der Waals surface area contributed by atoms with Gasteiger partial charge >= 0.3 is 0 Å². The van der Waals surface area contributed by atoms with Gasteiger partial charge in [0.25, 0.3) is 0 Å². The molecule has 0 saturated carbocycles. The summed E-state index contributed by atoms with van der Waals surface area (Å²) in [6.45, 7) is 3.90. The van der Waals surface area contributed by atoms with Crippen LogP contribution in [0.15, 0.2) is 41.7 Å². The van der Waals surface area contributed by atoms with Gasteiger partial charge in [0.15, 0.2) is 11.5 Å². The Balaban J connectivity index is 1.46. The quantitative estimate of drug-likeness (QED) is 0.527. The van der Waals surface area contributed by atoms with Crippen molar-refractivity contribution >= 4 is 27.4 Å². The van der Waals surface area contributed by atoms with Gasteiger partial charge in [-0.15, -0.1) is 0 Å². The number of hydrogen-bond donors (Lipinski definition) is 1. The normalized spacial score (nSPS) is 17.4. The average Bonchev–Trinajstić information content (AvgIpc) is 3.34. The third-order valence-corrected chi connectivity index (χ3v) is 5.55. The number of nitrogens with one attached hydrogen (secondary N) is 1. The zero-order valence-electron chi connectivity index (χ0n) is 15.4. The van der Waals surface area contributed by atoms with Crippen molar-refractivity contribution in [3.8, 4) is 11.5 Å². The highest BCUT2D eigenvalue weighted by Crippen LogP contribution is 2.29. The van der Waals surface area contributed by atoms with Gasteiger partial charge in [0.2, 0.25) is 0 Å². The fourth-order valence-corrected chi connectivity index (χ4v) is 4.07. The summed E-state index contributed by atoms with van der Waals surface area (Å²) >= 11 is 3.41. The number of nitrogens with zero attached hydrogens (tertiary/aromatic N) is 7. The number of halogens is 1. The molecule has 8 nitrogen and oxygen atoms in total. The third-order valence-electron chi connectivity index (χ3n) is 5.14. The monoisotopic (exact) mass is 438 g/mol. The van der Waals surface area contributed by atoms with E-state index >= 15 is 0 Å². The molecule has 1 N–H and O–H groups in total. The lowest BCUT2D eigenvalue weighted by Crippen LogP contribution is -2.35. The second-order valence-electron chi connectivity index (χ2n) is 7.03. The number of piperidine rings is 1. The van der Waals surface area contributed by atoms with Crippen molar-refractivity contribution in [1.29, 1.82) is 0 Å². The number of aromatic amines is 1. The molecule has 5 rings (SSSR count). The van der Waals surface area contributed by atoms with Crippen molar-refractivity contribution in [1.82, 2.24) is 34.3 Å². The second kappa shape index (κ2) is 6.97. The van der Waals surface area contributed by atoms with Crippen molar-refractivity contribution in [3.05, 3.63) is 53.2 Å². The molecule has 0 spiro atoms. The number of aryl methyl sites for hydroxylation is 1. The van der Waals surface area contributed by atoms with E-state index in [9.17, 15) is 0 Å². The van der Waals surface area contributed by atoms with Crippen LogP contribution >= 0.6 is 15.9 Å². The van der Waals surface area contributed by atoms with E-state index in [4.69, 9.17) is 4.98 Å². The maximum absolute atomic E-state index is 4.84. The Labute approximate surface area is 170 Å². The zero-order valence-corrected chi connectivity index (χ0v) is 17.0. The molecule has 1 unspecified atom stereocenters. The standard InChI is InChI=1S/C19H19BrN8/c1-12-22-7-14(25-12)13-3-2-6-27(10-13)17-4-5-21-19(26-17)15-8-24-18-9-23-16(20)11-28(15)18/h4-5,7-9,11,13H,2-3,6,10H2,1H3,(H,22,25). The van der Waals surface area contributed by atoms with Crippen LogP contribution in [0, 0.1) is 6.92 Å². The Kier molecular flexibility index (Phi) is 4.31. The number of aromatic nitrogens is 7. The van der Waals surface area contributed by atoms with Gasteiger partial charge in [-0.25, -0.2) is 24.9 Å². The lowest BCUT2D eigenvalue weighted by atomic mass is 9.95. The molecule has 9 heteroatoms. The molecule has 0 aromatic carbocycles. The van der Waals surface area contributed by atoms with Crippen LogP contribution in [0.25, 0.3) is 17.2 Å². The molecule has 0 aliphatic carbocycles. The molecule has 4 aromatic rings. The number of hydrogen-bond acceptors (Lipinski definition) is 6. The van der Waals surface area contributed by atoms with Crippen LogP contribution in [0.2, 0.25) is 0 Å². The van der Waals surface area contributed by atoms with E-state index in [0.29, 0.717) is 11.7 Å². The van der Waals surface area contributed by atoms with Crippen LogP contribution in [-0.2, 0) is 0 Å². The van der Waals surface area contributed by atoms with E-state index in [-0.39, 0.29) is 0 Å². The van der Waals surface area contributed by atoms with Crippen LogP contribution in [0.1, 0.15) is 30.3 Å². The van der Waals surface area contributed by atoms with E-state index in [1.54, 1.807) is 12.4 Å². The summed E-state index contributed by atoms with van der Waals surface area (Å²) in [5.74, 6) is 2.99. The lowest BCUT2D eigenvalue weighted by Gasteiger charge is -2.33. The molecule has 0 radical (unpaired) electrons. The number of rotatable bonds is 3. The summed E-state index contributed by atoms with van der Waals surface area (Å²) in [4.78, 5) is 28.0. The van der Waals surface area contributed by atoms with Crippen LogP contribution in [0.3, 0.4) is 0 Å². The molecular formula is C19H19BrN8. The molecule has 1 atom stereocenters. The third kappa shape index (κ3) is 3.15. The van der Waals surface area contributed by atoms with Gasteiger partial charge in [0.1, 0.15) is 21.9 Å². The number of anilines is 1. The van der Waals surface area contributed by atoms with Crippen LogP contribution < -0.4 is 4.90 Å². The first-order valence-corrected chi connectivity index (χ1v) is 10.0. The number of imidazole rings is 2. The van der Waals surface area contributed by atoms with E-state index in [1.807, 2.05) is 36.0 Å². The molecule has 1 saturated heterocycles. The smallest absolute Gasteiger partial charge is 0.180 e. The molecule has 5 heterocycles. The highest BCUT2D eigenvalue weighted by Gasteiger charge is 2.24. The van der Waals surface area contributed by atoms with Gasteiger partial charge in [-0.1, -0.05) is 0 Å². The van der Waals surface area contributed by atoms with Gasteiger partial charge in [0.05, 0.1) is 12.4 Å². The Bertz CT molecular complexity index is 1130. The maximum Gasteiger partial charge on any atom is 0.180 e. The largest absolute Gasteiger partial charge is 0.356 e. The minimum Gasteiger partial charge on any atom is -0.356 e. The molecular weight excluding hydrogens is 420 g/mol. The predicted molar refractivity (Wildman–Crippen MR) is 109 cm³/mol. The highest BCUT2D eigenvalue weighted by molar-refractivity contribution is 9.10. The Hall–Kier alpha value is -2.81. The fraction of sp³-hybridized carbons (Fsp3) is 0.316. The molecule has 0 amide bonds. The number of fused-ring (bicyclic) bond motifs is 1. The van der Waals surface area contributed by atoms with Crippen molar-refractivity contribution in [2.75, 3.05) is 18.0 Å². The van der Waals surface area contributed by atoms with E-state index in [1.165, 1.54) is 5.69 Å². The van der Waals surface area contributed by atoms with Gasteiger partial charge in [-0.3, -0.25) is 4.40 Å². The van der Waals surface area contributed by atoms with E-state index < -0.39 is 0 Å². The van der Waals surface area contributed by atoms with Gasteiger partial charge in [0, 0.05) is 43.3 Å². The first-order chi connectivity index (χ1) is 13.7. The Morgan fingerprint density at radius 2 is 2.07 bits per heavy atom.